The van der Waals surface area contributed by atoms with Gasteiger partial charge in [-0.1, -0.05) is 12.1 Å². The first-order chi connectivity index (χ1) is 25.1. The number of sulfone groups is 1. The Kier molecular flexibility index (Phi) is 12.1. The van der Waals surface area contributed by atoms with Crippen molar-refractivity contribution in [1.82, 2.24) is 14.9 Å². The van der Waals surface area contributed by atoms with E-state index >= 15 is 4.39 Å². The highest BCUT2D eigenvalue weighted by Gasteiger charge is 2.23. The second kappa shape index (κ2) is 16.5. The quantitative estimate of drug-likeness (QED) is 0.119. The molecule has 0 bridgehead atoms. The molecule has 0 saturated heterocycles. The number of rotatable bonds is 13. The lowest BCUT2D eigenvalue weighted by Crippen LogP contribution is -2.38. The molecule has 13 nitrogen and oxygen atoms in total. The first kappa shape index (κ1) is 38.8. The number of carbonyl (C=O) groups excluding carboxylic acids is 3. The Morgan fingerprint density at radius 2 is 1.66 bits per heavy atom. The number of methoxy groups -OCH3 is 1. The molecule has 0 aliphatic heterocycles. The number of carbonyl (C=O) groups is 3. The highest BCUT2D eigenvalue weighted by atomic mass is 32.2. The van der Waals surface area contributed by atoms with Crippen LogP contribution in [0.2, 0.25) is 0 Å². The Morgan fingerprint density at radius 1 is 0.925 bits per heavy atom. The van der Waals surface area contributed by atoms with Crippen molar-refractivity contribution in [2.75, 3.05) is 37.2 Å². The van der Waals surface area contributed by atoms with Gasteiger partial charge < -0.3 is 29.7 Å². The van der Waals surface area contributed by atoms with E-state index in [1.165, 1.54) is 47.7 Å². The van der Waals surface area contributed by atoms with Gasteiger partial charge in [0.05, 0.1) is 38.8 Å². The first-order valence-electron chi connectivity index (χ1n) is 16.3. The summed E-state index contributed by atoms with van der Waals surface area (Å²) in [7, 11) is -1.92. The molecule has 3 heterocycles. The second-order valence-corrected chi connectivity index (χ2v) is 16.0. The van der Waals surface area contributed by atoms with Crippen molar-refractivity contribution in [2.45, 2.75) is 44.2 Å². The highest BCUT2D eigenvalue weighted by Crippen LogP contribution is 2.39. The molecule has 2 N–H and O–H groups in total. The van der Waals surface area contributed by atoms with Gasteiger partial charge in [0.1, 0.15) is 17.8 Å². The van der Waals surface area contributed by atoms with Gasteiger partial charge in [-0.2, -0.15) is 0 Å². The van der Waals surface area contributed by atoms with Crippen molar-refractivity contribution in [1.29, 1.82) is 0 Å². The highest BCUT2D eigenvalue weighted by molar-refractivity contribution is 7.90. The number of benzene rings is 2. The predicted molar refractivity (Wildman–Crippen MR) is 199 cm³/mol. The van der Waals surface area contributed by atoms with Gasteiger partial charge >= 0.3 is 6.09 Å². The lowest BCUT2D eigenvalue weighted by molar-refractivity contribution is -0.123. The van der Waals surface area contributed by atoms with Gasteiger partial charge in [-0.3, -0.25) is 19.6 Å². The van der Waals surface area contributed by atoms with Crippen molar-refractivity contribution >= 4 is 60.7 Å². The summed E-state index contributed by atoms with van der Waals surface area (Å²) in [5.41, 5.74) is 1.77. The number of aromatic nitrogens is 2. The minimum absolute atomic E-state index is 0.0206. The number of halogens is 1. The molecular weight excluding hydrogens is 726 g/mol. The third-order valence-electron chi connectivity index (χ3n) is 7.35. The molecular formula is C37H38FN5O8S2. The number of anilines is 2. The summed E-state index contributed by atoms with van der Waals surface area (Å²) in [4.78, 5) is 49.1. The predicted octanol–water partition coefficient (Wildman–Crippen LogP) is 7.04. The van der Waals surface area contributed by atoms with E-state index in [4.69, 9.17) is 14.2 Å². The maximum atomic E-state index is 15.2. The molecule has 278 valence electrons. The molecule has 0 fully saturated rings. The van der Waals surface area contributed by atoms with Gasteiger partial charge in [0.2, 0.25) is 11.8 Å². The summed E-state index contributed by atoms with van der Waals surface area (Å²) >= 11 is 1.37. The molecule has 2 aromatic carbocycles. The molecule has 3 aromatic heterocycles. The number of hydrogen-bond acceptors (Lipinski definition) is 11. The molecule has 0 unspecified atom stereocenters. The van der Waals surface area contributed by atoms with Gasteiger partial charge in [-0.05, 0) is 68.8 Å². The zero-order chi connectivity index (χ0) is 38.3. The molecule has 0 aliphatic rings. The van der Waals surface area contributed by atoms with Crippen molar-refractivity contribution in [3.63, 3.8) is 0 Å². The molecule has 16 heteroatoms. The summed E-state index contributed by atoms with van der Waals surface area (Å²) in [5.74, 6) is -1.88. The maximum Gasteiger partial charge on any atom is 0.410 e. The number of pyridine rings is 2. The molecule has 0 atom stereocenters. The van der Waals surface area contributed by atoms with Crippen molar-refractivity contribution in [2.24, 2.45) is 0 Å². The Morgan fingerprint density at radius 3 is 2.30 bits per heavy atom. The topological polar surface area (TPSA) is 166 Å². The van der Waals surface area contributed by atoms with Crippen LogP contribution in [-0.2, 0) is 35.4 Å². The molecule has 0 spiro atoms. The van der Waals surface area contributed by atoms with Crippen LogP contribution in [-0.4, -0.2) is 73.3 Å². The largest absolute Gasteiger partial charge is 0.453 e. The van der Waals surface area contributed by atoms with Crippen LogP contribution in [0.3, 0.4) is 0 Å². The molecule has 5 rings (SSSR count). The average molecular weight is 764 g/mol. The molecule has 3 amide bonds. The lowest BCUT2D eigenvalue weighted by atomic mass is 10.2. The summed E-state index contributed by atoms with van der Waals surface area (Å²) < 4.78 is 56.1. The average Bonchev–Trinajstić information content (AvgIpc) is 3.52. The molecule has 0 saturated carbocycles. The van der Waals surface area contributed by atoms with E-state index in [0.29, 0.717) is 34.8 Å². The third-order valence-corrected chi connectivity index (χ3v) is 9.62. The van der Waals surface area contributed by atoms with Crippen LogP contribution in [0.5, 0.6) is 11.5 Å². The number of amides is 3. The minimum atomic E-state index is -3.48. The minimum Gasteiger partial charge on any atom is -0.453 e. The van der Waals surface area contributed by atoms with Gasteiger partial charge in [-0.25, -0.2) is 17.6 Å². The Bertz CT molecular complexity index is 2240. The van der Waals surface area contributed by atoms with Crippen LogP contribution in [0, 0.1) is 5.82 Å². The Labute approximate surface area is 310 Å². The van der Waals surface area contributed by atoms with Crippen LogP contribution in [0.25, 0.3) is 20.8 Å². The summed E-state index contributed by atoms with van der Waals surface area (Å²) in [6.07, 6.45) is 3.25. The van der Waals surface area contributed by atoms with Crippen LogP contribution in [0.15, 0.2) is 84.0 Å². The van der Waals surface area contributed by atoms with Crippen LogP contribution in [0.4, 0.5) is 20.6 Å². The molecule has 0 aliphatic carbocycles. The van der Waals surface area contributed by atoms with E-state index in [9.17, 15) is 22.8 Å². The lowest BCUT2D eigenvalue weighted by Gasteiger charge is -2.27. The van der Waals surface area contributed by atoms with Crippen LogP contribution >= 0.6 is 11.3 Å². The van der Waals surface area contributed by atoms with Gasteiger partial charge in [-0.15, -0.1) is 11.3 Å². The summed E-state index contributed by atoms with van der Waals surface area (Å²) in [5, 5.41) is 4.96. The summed E-state index contributed by atoms with van der Waals surface area (Å²) in [6.45, 7) is 6.41. The van der Waals surface area contributed by atoms with Gasteiger partial charge in [0.15, 0.2) is 21.4 Å². The smallest absolute Gasteiger partial charge is 0.410 e. The summed E-state index contributed by atoms with van der Waals surface area (Å²) in [6, 6.07) is 16.7. The fourth-order valence-corrected chi connectivity index (χ4v) is 6.62. The second-order valence-electron chi connectivity index (χ2n) is 12.9. The van der Waals surface area contributed by atoms with E-state index in [1.807, 2.05) is 39.0 Å². The SMILES string of the molecule is COCCN(Cc1ccc(-c2cc3nccc(Oc4ccc(NC(=O)CC(=O)Nc5cccc(S(C)(=O)=O)c5)cc4F)c3s2)nc1)C(=O)OC(C)(C)C. The normalized spacial score (nSPS) is 11.6. The Hall–Kier alpha value is -5.45. The van der Waals surface area contributed by atoms with E-state index in [2.05, 4.69) is 20.6 Å². The van der Waals surface area contributed by atoms with Gasteiger partial charge in [0.25, 0.3) is 0 Å². The van der Waals surface area contributed by atoms with Crippen molar-refractivity contribution in [3.8, 4) is 22.1 Å². The fraction of sp³-hybridized carbons (Fsp3) is 0.270. The monoisotopic (exact) mass is 763 g/mol. The van der Waals surface area contributed by atoms with Crippen LogP contribution in [0.1, 0.15) is 32.8 Å². The van der Waals surface area contributed by atoms with Crippen LogP contribution < -0.4 is 15.4 Å². The third kappa shape index (κ3) is 10.8. The molecule has 5 aromatic rings. The zero-order valence-electron chi connectivity index (χ0n) is 29.6. The number of hydrogen-bond donors (Lipinski definition) is 2. The van der Waals surface area contributed by atoms with E-state index in [0.717, 1.165) is 22.8 Å². The van der Waals surface area contributed by atoms with E-state index < -0.39 is 45.6 Å². The van der Waals surface area contributed by atoms with Gasteiger partial charge in [0, 0.05) is 55.8 Å². The number of fused-ring (bicyclic) bond motifs is 1. The number of nitrogens with zero attached hydrogens (tertiary/aromatic N) is 3. The Balaban J connectivity index is 1.22. The van der Waals surface area contributed by atoms with Crippen molar-refractivity contribution in [3.05, 3.63) is 90.5 Å². The first-order valence-corrected chi connectivity index (χ1v) is 19.0. The number of ether oxygens (including phenoxy) is 3. The molecule has 0 radical (unpaired) electrons. The fourth-order valence-electron chi connectivity index (χ4n) is 4.91. The standard InChI is InChI=1S/C37H38FN5O8S2/c1-37(2,3)51-36(46)43(15-16-49-4)22-23-9-11-28(40-21-23)32-19-29-35(52-32)31(13-14-39-29)50-30-12-10-25(18-27(30)38)42-34(45)20-33(44)41-24-7-6-8-26(17-24)53(5,47)48/h6-14,17-19,21H,15-16,20,22H2,1-5H3,(H,41,44)(H,42,45). The zero-order valence-corrected chi connectivity index (χ0v) is 31.3. The maximum absolute atomic E-state index is 15.2. The van der Waals surface area contributed by atoms with E-state index in [-0.39, 0.29) is 28.6 Å². The number of thiophene rings is 1. The van der Waals surface area contributed by atoms with E-state index in [1.54, 1.807) is 30.5 Å². The van der Waals surface area contributed by atoms with Crippen molar-refractivity contribution < 1.29 is 41.4 Å². The molecule has 53 heavy (non-hydrogen) atoms. The number of nitrogens with one attached hydrogen (secondary N) is 2.